The van der Waals surface area contributed by atoms with Crippen molar-refractivity contribution in [2.24, 2.45) is 0 Å². The molecule has 12 nitrogen and oxygen atoms in total. The number of amides is 3. The van der Waals surface area contributed by atoms with E-state index in [1.165, 1.54) is 62.4 Å². The smallest absolute Gasteiger partial charge is 0.354 e. The van der Waals surface area contributed by atoms with E-state index in [4.69, 9.17) is 5.11 Å². The number of carboxylic acids is 1. The van der Waals surface area contributed by atoms with Crippen LogP contribution >= 0.6 is 7.60 Å². The molecule has 0 fully saturated rings. The molecule has 0 saturated heterocycles. The summed E-state index contributed by atoms with van der Waals surface area (Å²) in [6, 6.07) is 27.4. The highest BCUT2D eigenvalue weighted by molar-refractivity contribution is 7.53. The molecule has 13 heteroatoms. The summed E-state index contributed by atoms with van der Waals surface area (Å²) in [5, 5.41) is 17.7. The molecule has 0 radical (unpaired) electrons. The lowest BCUT2D eigenvalue weighted by Gasteiger charge is -2.39. The average Bonchev–Trinajstić information content (AvgIpc) is 3.03. The topological polar surface area (TPSA) is 194 Å². The number of carboxylic acid groups (broad SMARTS) is 1. The number of aliphatic carboxylic acids is 1. The summed E-state index contributed by atoms with van der Waals surface area (Å²) in [5.41, 5.74) is 3.51. The Labute approximate surface area is 277 Å². The number of anilines is 2. The van der Waals surface area contributed by atoms with Crippen LogP contribution < -0.4 is 21.3 Å². The zero-order valence-corrected chi connectivity index (χ0v) is 27.2. The molecule has 250 valence electrons. The maximum absolute atomic E-state index is 13.8. The summed E-state index contributed by atoms with van der Waals surface area (Å²) in [5.74, 6) is -2.48. The predicted octanol–water partition coefficient (Wildman–Crippen LogP) is 4.44. The molecule has 0 aliphatic rings. The van der Waals surface area contributed by atoms with Gasteiger partial charge in [0.1, 0.15) is 0 Å². The van der Waals surface area contributed by atoms with Gasteiger partial charge in [-0.2, -0.15) is 0 Å². The monoisotopic (exact) mass is 672 g/mol. The van der Waals surface area contributed by atoms with Crippen LogP contribution in [0.25, 0.3) is 11.1 Å². The second-order valence-corrected chi connectivity index (χ2v) is 12.9. The molecule has 48 heavy (non-hydrogen) atoms. The molecule has 0 heterocycles. The van der Waals surface area contributed by atoms with Crippen LogP contribution in [0, 0.1) is 0 Å². The van der Waals surface area contributed by atoms with Gasteiger partial charge in [0, 0.05) is 31.8 Å². The van der Waals surface area contributed by atoms with E-state index in [0.29, 0.717) is 16.9 Å². The van der Waals surface area contributed by atoms with Crippen LogP contribution in [0.4, 0.5) is 11.4 Å². The Morgan fingerprint density at radius 1 is 0.708 bits per heavy atom. The fourth-order valence-electron chi connectivity index (χ4n) is 5.33. The number of hydrogen-bond acceptors (Lipinski definition) is 6. The van der Waals surface area contributed by atoms with Crippen molar-refractivity contribution in [1.82, 2.24) is 10.6 Å². The molecule has 1 atom stereocenters. The van der Waals surface area contributed by atoms with Crippen molar-refractivity contribution in [3.05, 3.63) is 120 Å². The Balaban J connectivity index is 1.83. The molecule has 0 aromatic heterocycles. The largest absolute Gasteiger partial charge is 0.481 e. The zero-order chi connectivity index (χ0) is 34.9. The lowest BCUT2D eigenvalue weighted by molar-refractivity contribution is -0.137. The molecule has 0 saturated carbocycles. The first-order valence-electron chi connectivity index (χ1n) is 15.0. The summed E-state index contributed by atoms with van der Waals surface area (Å²) in [7, 11) is -5.28. The minimum atomic E-state index is -5.28. The van der Waals surface area contributed by atoms with Crippen molar-refractivity contribution in [2.45, 2.75) is 38.0 Å². The highest BCUT2D eigenvalue weighted by Gasteiger charge is 2.52. The Bertz CT molecular complexity index is 1730. The summed E-state index contributed by atoms with van der Waals surface area (Å²) < 4.78 is 13.8. The van der Waals surface area contributed by atoms with Crippen molar-refractivity contribution in [1.29, 1.82) is 0 Å². The SMILES string of the molecule is CC(=O)Nc1ccc(C(NC(Cc2ccc(-c3ccccc3)cc2)C(=O)NCCC(=O)O)(c2ccc(NC(C)=O)cc2)P(=O)(O)O)cc1. The minimum Gasteiger partial charge on any atom is -0.481 e. The number of carbonyl (C=O) groups excluding carboxylic acids is 3. The molecule has 7 N–H and O–H groups in total. The minimum absolute atomic E-state index is 0.0241. The molecule has 4 rings (SSSR count). The van der Waals surface area contributed by atoms with Crippen LogP contribution in [0.5, 0.6) is 0 Å². The molecule has 4 aromatic rings. The fourth-order valence-corrected chi connectivity index (χ4v) is 6.62. The lowest BCUT2D eigenvalue weighted by Crippen LogP contribution is -2.55. The summed E-state index contributed by atoms with van der Waals surface area (Å²) in [6.07, 6.45) is -0.382. The average molecular weight is 673 g/mol. The van der Waals surface area contributed by atoms with Gasteiger partial charge < -0.3 is 30.8 Å². The highest BCUT2D eigenvalue weighted by atomic mass is 31.2. The number of hydrogen-bond donors (Lipinski definition) is 7. The number of carbonyl (C=O) groups is 4. The third-order valence-corrected chi connectivity index (χ3v) is 9.04. The van der Waals surface area contributed by atoms with Crippen LogP contribution in [0.15, 0.2) is 103 Å². The highest BCUT2D eigenvalue weighted by Crippen LogP contribution is 2.59. The molecule has 1 unspecified atom stereocenters. The van der Waals surface area contributed by atoms with Crippen LogP contribution in [-0.4, -0.2) is 51.2 Å². The van der Waals surface area contributed by atoms with Crippen molar-refractivity contribution < 1.29 is 38.6 Å². The first-order chi connectivity index (χ1) is 22.8. The second-order valence-electron chi connectivity index (χ2n) is 11.2. The third-order valence-electron chi connectivity index (χ3n) is 7.52. The van der Waals surface area contributed by atoms with Gasteiger partial charge in [-0.3, -0.25) is 29.1 Å². The van der Waals surface area contributed by atoms with E-state index in [9.17, 15) is 33.5 Å². The number of rotatable bonds is 14. The molecule has 0 bridgehead atoms. The molecule has 0 spiro atoms. The van der Waals surface area contributed by atoms with Crippen LogP contribution in [0.1, 0.15) is 37.0 Å². The quantitative estimate of drug-likeness (QED) is 0.0948. The van der Waals surface area contributed by atoms with Crippen LogP contribution in [0.3, 0.4) is 0 Å². The maximum atomic E-state index is 13.8. The predicted molar refractivity (Wildman–Crippen MR) is 182 cm³/mol. The Morgan fingerprint density at radius 2 is 1.19 bits per heavy atom. The van der Waals surface area contributed by atoms with Crippen LogP contribution in [0.2, 0.25) is 0 Å². The molecular weight excluding hydrogens is 635 g/mol. The van der Waals surface area contributed by atoms with Gasteiger partial charge in [0.15, 0.2) is 5.28 Å². The summed E-state index contributed by atoms with van der Waals surface area (Å²) >= 11 is 0. The normalized spacial score (nSPS) is 12.1. The van der Waals surface area contributed by atoms with Crippen molar-refractivity contribution in [2.75, 3.05) is 17.2 Å². The number of benzene rings is 4. The van der Waals surface area contributed by atoms with E-state index in [0.717, 1.165) is 11.1 Å². The van der Waals surface area contributed by atoms with Gasteiger partial charge in [-0.25, -0.2) is 0 Å². The third kappa shape index (κ3) is 9.02. The van der Waals surface area contributed by atoms with E-state index >= 15 is 0 Å². The van der Waals surface area contributed by atoms with Gasteiger partial charge in [-0.05, 0) is 58.5 Å². The Kier molecular flexibility index (Phi) is 11.6. The van der Waals surface area contributed by atoms with Crippen molar-refractivity contribution in [3.63, 3.8) is 0 Å². The van der Waals surface area contributed by atoms with Gasteiger partial charge in [-0.1, -0.05) is 78.9 Å². The zero-order valence-electron chi connectivity index (χ0n) is 26.3. The van der Waals surface area contributed by atoms with E-state index in [2.05, 4.69) is 21.3 Å². The molecule has 4 aromatic carbocycles. The second kappa shape index (κ2) is 15.6. The molecule has 0 aliphatic heterocycles. The van der Waals surface area contributed by atoms with Gasteiger partial charge in [0.25, 0.3) is 0 Å². The van der Waals surface area contributed by atoms with Gasteiger partial charge in [0.05, 0.1) is 12.5 Å². The van der Waals surface area contributed by atoms with Crippen molar-refractivity contribution in [3.8, 4) is 11.1 Å². The van der Waals surface area contributed by atoms with Crippen molar-refractivity contribution >= 4 is 42.7 Å². The van der Waals surface area contributed by atoms with Gasteiger partial charge >= 0.3 is 13.6 Å². The van der Waals surface area contributed by atoms with E-state index in [1.54, 1.807) is 0 Å². The number of nitrogens with one attached hydrogen (secondary N) is 4. The molecule has 3 amide bonds. The maximum Gasteiger partial charge on any atom is 0.354 e. The molecular formula is C35H37N4O8P. The first kappa shape index (κ1) is 35.7. The van der Waals surface area contributed by atoms with E-state index in [-0.39, 0.29) is 42.3 Å². The fraction of sp³-hybridized carbons (Fsp3) is 0.200. The Morgan fingerprint density at radius 3 is 1.62 bits per heavy atom. The van der Waals surface area contributed by atoms with Gasteiger partial charge in [0.2, 0.25) is 17.7 Å². The van der Waals surface area contributed by atoms with E-state index < -0.39 is 30.8 Å². The van der Waals surface area contributed by atoms with Gasteiger partial charge in [-0.15, -0.1) is 0 Å². The standard InChI is InChI=1S/C35H37N4O8P/c1-23(40)37-30-16-12-28(13-17-30)35(48(45,46)47,29-14-18-31(19-15-29)38-24(2)41)39-32(34(44)36-21-20-33(42)43)22-25-8-10-27(11-9-25)26-6-4-3-5-7-26/h3-19,32,39H,20-22H2,1-2H3,(H,36,44)(H,37,40)(H,38,41)(H,42,43)(H2,45,46,47). The first-order valence-corrected chi connectivity index (χ1v) is 16.6. The summed E-state index contributed by atoms with van der Waals surface area (Å²) in [4.78, 5) is 70.6. The van der Waals surface area contributed by atoms with Crippen LogP contribution in [-0.2, 0) is 35.4 Å². The molecule has 0 aliphatic carbocycles. The summed E-state index contributed by atoms with van der Waals surface area (Å²) in [6.45, 7) is 2.44. The van der Waals surface area contributed by atoms with E-state index in [1.807, 2.05) is 54.6 Å². The lowest BCUT2D eigenvalue weighted by atomic mass is 9.94. The Hall–Kier alpha value is -5.13.